The van der Waals surface area contributed by atoms with E-state index in [4.69, 9.17) is 20.8 Å². The van der Waals surface area contributed by atoms with Gasteiger partial charge in [-0.05, 0) is 54.1 Å². The Hall–Kier alpha value is -3.58. The van der Waals surface area contributed by atoms with Crippen molar-refractivity contribution >= 4 is 29.2 Å². The molecule has 8 heteroatoms. The molecule has 3 aromatic rings. The summed E-state index contributed by atoms with van der Waals surface area (Å²) in [4.78, 5) is 25.0. The van der Waals surface area contributed by atoms with E-state index in [0.717, 1.165) is 5.56 Å². The molecule has 2 aromatic carbocycles. The number of rotatable bonds is 5. The van der Waals surface area contributed by atoms with Crippen LogP contribution in [0.2, 0.25) is 5.02 Å². The molecule has 0 spiro atoms. The Morgan fingerprint density at radius 2 is 1.87 bits per heavy atom. The summed E-state index contributed by atoms with van der Waals surface area (Å²) in [5.74, 6) is -0.530. The van der Waals surface area contributed by atoms with Crippen molar-refractivity contribution in [3.63, 3.8) is 0 Å². The number of hydrazone groups is 1. The van der Waals surface area contributed by atoms with Crippen molar-refractivity contribution in [1.82, 2.24) is 5.01 Å². The van der Waals surface area contributed by atoms with Gasteiger partial charge in [-0.25, -0.2) is 9.80 Å². The van der Waals surface area contributed by atoms with Crippen LogP contribution in [-0.4, -0.2) is 34.3 Å². The molecule has 2 heterocycles. The molecule has 0 radical (unpaired) electrons. The molecule has 1 amide bonds. The number of phenols is 1. The molecule has 30 heavy (non-hydrogen) atoms. The van der Waals surface area contributed by atoms with Crippen LogP contribution in [0, 0.1) is 0 Å². The van der Waals surface area contributed by atoms with Crippen molar-refractivity contribution < 1.29 is 23.8 Å². The van der Waals surface area contributed by atoms with Gasteiger partial charge in [-0.2, -0.15) is 5.10 Å². The van der Waals surface area contributed by atoms with Gasteiger partial charge in [-0.1, -0.05) is 23.7 Å². The second kappa shape index (κ2) is 8.42. The predicted molar refractivity (Wildman–Crippen MR) is 109 cm³/mol. The maximum absolute atomic E-state index is 12.8. The smallest absolute Gasteiger partial charge is 0.338 e. The minimum Gasteiger partial charge on any atom is -0.508 e. The molecule has 0 saturated carbocycles. The van der Waals surface area contributed by atoms with Crippen LogP contribution in [0.5, 0.6) is 5.75 Å². The van der Waals surface area contributed by atoms with Gasteiger partial charge in [0, 0.05) is 11.4 Å². The highest BCUT2D eigenvalue weighted by Gasteiger charge is 2.35. The quantitative estimate of drug-likeness (QED) is 0.620. The monoisotopic (exact) mass is 424 g/mol. The summed E-state index contributed by atoms with van der Waals surface area (Å²) in [7, 11) is 0. The number of halogens is 1. The number of benzene rings is 2. The molecular weight excluding hydrogens is 408 g/mol. The second-order valence-electron chi connectivity index (χ2n) is 6.65. The summed E-state index contributed by atoms with van der Waals surface area (Å²) >= 11 is 5.96. The number of ether oxygens (including phenoxy) is 1. The van der Waals surface area contributed by atoms with Crippen molar-refractivity contribution in [2.45, 2.75) is 12.5 Å². The van der Waals surface area contributed by atoms with E-state index in [1.807, 2.05) is 12.1 Å². The number of nitrogens with zero attached hydrogens (tertiary/aromatic N) is 2. The third-order valence-corrected chi connectivity index (χ3v) is 4.90. The first-order valence-corrected chi connectivity index (χ1v) is 9.54. The van der Waals surface area contributed by atoms with E-state index in [0.29, 0.717) is 22.9 Å². The number of hydrogen-bond donors (Lipinski definition) is 1. The van der Waals surface area contributed by atoms with E-state index in [1.54, 1.807) is 24.3 Å². The van der Waals surface area contributed by atoms with Crippen molar-refractivity contribution in [2.24, 2.45) is 5.10 Å². The molecule has 0 fully saturated rings. The Morgan fingerprint density at radius 1 is 1.13 bits per heavy atom. The molecule has 1 aromatic heterocycles. The van der Waals surface area contributed by atoms with Crippen LogP contribution < -0.4 is 0 Å². The van der Waals surface area contributed by atoms with Crippen LogP contribution in [-0.2, 0) is 9.53 Å². The molecule has 1 aliphatic heterocycles. The van der Waals surface area contributed by atoms with E-state index in [9.17, 15) is 14.7 Å². The summed E-state index contributed by atoms with van der Waals surface area (Å²) in [5, 5.41) is 15.7. The van der Waals surface area contributed by atoms with Gasteiger partial charge in [0.15, 0.2) is 6.61 Å². The van der Waals surface area contributed by atoms with Gasteiger partial charge in [-0.3, -0.25) is 4.79 Å². The van der Waals surface area contributed by atoms with E-state index >= 15 is 0 Å². The lowest BCUT2D eigenvalue weighted by atomic mass is 10.0. The van der Waals surface area contributed by atoms with Crippen molar-refractivity contribution in [1.29, 1.82) is 0 Å². The fraction of sp³-hybridized carbons (Fsp3) is 0.136. The summed E-state index contributed by atoms with van der Waals surface area (Å²) in [6, 6.07) is 15.8. The highest BCUT2D eigenvalue weighted by molar-refractivity contribution is 6.30. The van der Waals surface area contributed by atoms with Crippen LogP contribution in [0.1, 0.15) is 34.1 Å². The molecule has 0 aliphatic carbocycles. The number of amides is 1. The van der Waals surface area contributed by atoms with Crippen LogP contribution >= 0.6 is 11.6 Å². The fourth-order valence-corrected chi connectivity index (χ4v) is 3.26. The summed E-state index contributed by atoms with van der Waals surface area (Å²) in [6.45, 7) is -0.478. The average molecular weight is 425 g/mol. The maximum Gasteiger partial charge on any atom is 0.338 e. The highest BCUT2D eigenvalue weighted by Crippen LogP contribution is 2.33. The molecule has 7 nitrogen and oxygen atoms in total. The normalized spacial score (nSPS) is 15.7. The van der Waals surface area contributed by atoms with Crippen LogP contribution in [0.3, 0.4) is 0 Å². The molecular formula is C22H17ClN2O5. The predicted octanol–water partition coefficient (Wildman–Crippen LogP) is 4.17. The van der Waals surface area contributed by atoms with Crippen LogP contribution in [0.15, 0.2) is 76.4 Å². The SMILES string of the molecule is O=C(OCC(=O)N1N=C(c2ccc(Cl)cc2)C[C@@H]1c1ccco1)c1ccc(O)cc1. The third kappa shape index (κ3) is 4.21. The van der Waals surface area contributed by atoms with Gasteiger partial charge >= 0.3 is 5.97 Å². The molecule has 0 bridgehead atoms. The van der Waals surface area contributed by atoms with Gasteiger partial charge in [0.2, 0.25) is 0 Å². The fourth-order valence-electron chi connectivity index (χ4n) is 3.13. The highest BCUT2D eigenvalue weighted by atomic mass is 35.5. The Morgan fingerprint density at radius 3 is 2.53 bits per heavy atom. The average Bonchev–Trinajstić information content (AvgIpc) is 3.43. The molecule has 0 unspecified atom stereocenters. The number of carbonyl (C=O) groups excluding carboxylic acids is 2. The van der Waals surface area contributed by atoms with Crippen molar-refractivity contribution in [3.8, 4) is 5.75 Å². The number of aromatic hydroxyl groups is 1. The summed E-state index contributed by atoms with van der Waals surface area (Å²) in [6.07, 6.45) is 1.98. The Kier molecular flexibility index (Phi) is 5.54. The maximum atomic E-state index is 12.8. The number of phenolic OH excluding ortho intramolecular Hbond substituents is 1. The topological polar surface area (TPSA) is 92.3 Å². The second-order valence-corrected chi connectivity index (χ2v) is 7.09. The van der Waals surface area contributed by atoms with E-state index < -0.39 is 24.5 Å². The van der Waals surface area contributed by atoms with Gasteiger partial charge < -0.3 is 14.3 Å². The van der Waals surface area contributed by atoms with Gasteiger partial charge in [-0.15, -0.1) is 0 Å². The third-order valence-electron chi connectivity index (χ3n) is 4.64. The molecule has 4 rings (SSSR count). The first-order chi connectivity index (χ1) is 14.5. The number of carbonyl (C=O) groups is 2. The van der Waals surface area contributed by atoms with Gasteiger partial charge in [0.1, 0.15) is 17.6 Å². The van der Waals surface area contributed by atoms with E-state index in [-0.39, 0.29) is 11.3 Å². The lowest BCUT2D eigenvalue weighted by Crippen LogP contribution is -2.31. The molecule has 1 atom stereocenters. The van der Waals surface area contributed by atoms with E-state index in [2.05, 4.69) is 5.10 Å². The largest absolute Gasteiger partial charge is 0.508 e. The van der Waals surface area contributed by atoms with Crippen molar-refractivity contribution in [2.75, 3.05) is 6.61 Å². The summed E-state index contributed by atoms with van der Waals surface area (Å²) < 4.78 is 10.6. The zero-order chi connectivity index (χ0) is 21.1. The Labute approximate surface area is 177 Å². The number of hydrogen-bond acceptors (Lipinski definition) is 6. The minimum absolute atomic E-state index is 0.0325. The lowest BCUT2D eigenvalue weighted by molar-refractivity contribution is -0.136. The van der Waals surface area contributed by atoms with Crippen LogP contribution in [0.25, 0.3) is 0 Å². The Bertz CT molecular complexity index is 1080. The zero-order valence-corrected chi connectivity index (χ0v) is 16.5. The standard InChI is InChI=1S/C22H17ClN2O5/c23-16-7-3-14(4-8-16)18-12-19(20-2-1-11-29-20)25(24-18)21(27)13-30-22(28)15-5-9-17(26)10-6-15/h1-11,19,26H,12-13H2/t19-/m1/s1. The van der Waals surface area contributed by atoms with E-state index in [1.165, 1.54) is 35.5 Å². The molecule has 1 N–H and O–H groups in total. The minimum atomic E-state index is -0.668. The molecule has 152 valence electrons. The number of furan rings is 1. The van der Waals surface area contributed by atoms with Gasteiger partial charge in [0.25, 0.3) is 5.91 Å². The first kappa shape index (κ1) is 19.7. The van der Waals surface area contributed by atoms with Crippen molar-refractivity contribution in [3.05, 3.63) is 88.8 Å². The van der Waals surface area contributed by atoms with Gasteiger partial charge in [0.05, 0.1) is 17.5 Å². The summed E-state index contributed by atoms with van der Waals surface area (Å²) in [5.41, 5.74) is 1.77. The zero-order valence-electron chi connectivity index (χ0n) is 15.7. The molecule has 1 aliphatic rings. The first-order valence-electron chi connectivity index (χ1n) is 9.16. The number of esters is 1. The lowest BCUT2D eigenvalue weighted by Gasteiger charge is -2.19. The molecule has 0 saturated heterocycles. The van der Waals surface area contributed by atoms with Crippen LogP contribution in [0.4, 0.5) is 0 Å². The Balaban J connectivity index is 1.50.